The predicted molar refractivity (Wildman–Crippen MR) is 54.7 cm³/mol. The summed E-state index contributed by atoms with van der Waals surface area (Å²) in [6.45, 7) is 2.56. The summed E-state index contributed by atoms with van der Waals surface area (Å²) in [5, 5.41) is 8.82. The van der Waals surface area contributed by atoms with Gasteiger partial charge in [-0.05, 0) is 12.0 Å². The molecule has 0 saturated carbocycles. The van der Waals surface area contributed by atoms with E-state index in [2.05, 4.69) is 15.9 Å². The molecule has 0 radical (unpaired) electrons. The third-order valence-corrected chi connectivity index (χ3v) is 2.27. The van der Waals surface area contributed by atoms with Crippen LogP contribution in [0.5, 0.6) is 0 Å². The van der Waals surface area contributed by atoms with E-state index in [0.717, 1.165) is 4.47 Å². The fourth-order valence-corrected chi connectivity index (χ4v) is 1.34. The first-order valence-corrected chi connectivity index (χ1v) is 4.89. The summed E-state index contributed by atoms with van der Waals surface area (Å²) in [6, 6.07) is 3.33. The molecule has 0 bridgehead atoms. The molecule has 0 aliphatic rings. The molecule has 0 aliphatic carbocycles. The van der Waals surface area contributed by atoms with Crippen LogP contribution in [-0.4, -0.2) is 16.3 Å². The van der Waals surface area contributed by atoms with Gasteiger partial charge in [0.15, 0.2) is 0 Å². The Morgan fingerprint density at radius 1 is 1.69 bits per heavy atom. The normalized spacial score (nSPS) is 12.8. The summed E-state index contributed by atoms with van der Waals surface area (Å²) >= 11 is 3.22. The SMILES string of the molecule is CC(CO)Cn1ccc(Br)cc1=O. The van der Waals surface area contributed by atoms with Crippen molar-refractivity contribution in [2.75, 3.05) is 6.61 Å². The average Bonchev–Trinajstić information content (AvgIpc) is 2.09. The van der Waals surface area contributed by atoms with Gasteiger partial charge in [0.1, 0.15) is 0 Å². The van der Waals surface area contributed by atoms with Crippen molar-refractivity contribution in [3.05, 3.63) is 33.2 Å². The van der Waals surface area contributed by atoms with Gasteiger partial charge in [-0.15, -0.1) is 0 Å². The molecular weight excluding hydrogens is 234 g/mol. The molecule has 1 N–H and O–H groups in total. The van der Waals surface area contributed by atoms with Crippen molar-refractivity contribution in [1.82, 2.24) is 4.57 Å². The Labute approximate surface area is 85.1 Å². The molecule has 0 fully saturated rings. The Morgan fingerprint density at radius 2 is 2.38 bits per heavy atom. The van der Waals surface area contributed by atoms with Gasteiger partial charge in [0.25, 0.3) is 5.56 Å². The summed E-state index contributed by atoms with van der Waals surface area (Å²) in [5.74, 6) is 0.110. The van der Waals surface area contributed by atoms with Crippen molar-refractivity contribution < 1.29 is 5.11 Å². The number of aliphatic hydroxyl groups excluding tert-OH is 1. The zero-order chi connectivity index (χ0) is 9.84. The molecule has 0 aliphatic heterocycles. The van der Waals surface area contributed by atoms with Crippen molar-refractivity contribution in [2.24, 2.45) is 5.92 Å². The monoisotopic (exact) mass is 245 g/mol. The van der Waals surface area contributed by atoms with E-state index < -0.39 is 0 Å². The topological polar surface area (TPSA) is 42.2 Å². The largest absolute Gasteiger partial charge is 0.396 e. The van der Waals surface area contributed by atoms with E-state index in [0.29, 0.717) is 6.54 Å². The zero-order valence-corrected chi connectivity index (χ0v) is 8.99. The molecule has 0 amide bonds. The van der Waals surface area contributed by atoms with E-state index in [1.54, 1.807) is 10.8 Å². The van der Waals surface area contributed by atoms with E-state index in [9.17, 15) is 4.79 Å². The van der Waals surface area contributed by atoms with Crippen molar-refractivity contribution >= 4 is 15.9 Å². The fraction of sp³-hybridized carbons (Fsp3) is 0.444. The van der Waals surface area contributed by atoms with Crippen LogP contribution in [0.3, 0.4) is 0 Å². The lowest BCUT2D eigenvalue weighted by Gasteiger charge is -2.09. The molecule has 1 aromatic heterocycles. The molecule has 3 nitrogen and oxygen atoms in total. The molecule has 13 heavy (non-hydrogen) atoms. The van der Waals surface area contributed by atoms with Gasteiger partial charge in [0.05, 0.1) is 0 Å². The molecule has 4 heteroatoms. The second-order valence-corrected chi connectivity index (χ2v) is 4.04. The van der Waals surface area contributed by atoms with Crippen molar-refractivity contribution in [1.29, 1.82) is 0 Å². The van der Waals surface area contributed by atoms with E-state index in [1.807, 2.05) is 13.0 Å². The number of rotatable bonds is 3. The summed E-state index contributed by atoms with van der Waals surface area (Å²) in [4.78, 5) is 11.3. The van der Waals surface area contributed by atoms with Gasteiger partial charge in [0.2, 0.25) is 0 Å². The first-order valence-electron chi connectivity index (χ1n) is 4.10. The second kappa shape index (κ2) is 4.58. The third kappa shape index (κ3) is 2.97. The molecule has 1 heterocycles. The lowest BCUT2D eigenvalue weighted by molar-refractivity contribution is 0.222. The molecule has 0 spiro atoms. The zero-order valence-electron chi connectivity index (χ0n) is 7.40. The van der Waals surface area contributed by atoms with E-state index in [-0.39, 0.29) is 18.1 Å². The molecule has 1 rings (SSSR count). The maximum absolute atomic E-state index is 11.3. The molecule has 1 unspecified atom stereocenters. The molecular formula is C9H12BrNO2. The minimum atomic E-state index is -0.0466. The third-order valence-electron chi connectivity index (χ3n) is 1.78. The molecule has 1 aromatic rings. The highest BCUT2D eigenvalue weighted by molar-refractivity contribution is 9.10. The highest BCUT2D eigenvalue weighted by Gasteiger charge is 2.02. The highest BCUT2D eigenvalue weighted by Crippen LogP contribution is 2.04. The van der Waals surface area contributed by atoms with Gasteiger partial charge >= 0.3 is 0 Å². The molecule has 0 saturated heterocycles. The molecule has 72 valence electrons. The van der Waals surface area contributed by atoms with E-state index in [4.69, 9.17) is 5.11 Å². The second-order valence-electron chi connectivity index (χ2n) is 3.12. The van der Waals surface area contributed by atoms with Gasteiger partial charge < -0.3 is 9.67 Å². The Kier molecular flexibility index (Phi) is 3.69. The van der Waals surface area contributed by atoms with Gasteiger partial charge in [0, 0.05) is 29.9 Å². The van der Waals surface area contributed by atoms with Crippen LogP contribution in [0, 0.1) is 5.92 Å². The van der Waals surface area contributed by atoms with Crippen LogP contribution in [0.4, 0.5) is 0 Å². The Bertz CT molecular complexity index is 335. The van der Waals surface area contributed by atoms with Gasteiger partial charge in [-0.3, -0.25) is 4.79 Å². The van der Waals surface area contributed by atoms with Gasteiger partial charge in [-0.25, -0.2) is 0 Å². The fourth-order valence-electron chi connectivity index (χ4n) is 1.03. The van der Waals surface area contributed by atoms with Crippen LogP contribution < -0.4 is 5.56 Å². The molecule has 0 aromatic carbocycles. The minimum absolute atomic E-state index is 0.0466. The van der Waals surface area contributed by atoms with E-state index >= 15 is 0 Å². The summed E-state index contributed by atoms with van der Waals surface area (Å²) < 4.78 is 2.37. The Morgan fingerprint density at radius 3 is 2.92 bits per heavy atom. The molecule has 1 atom stereocenters. The van der Waals surface area contributed by atoms with Crippen molar-refractivity contribution in [3.8, 4) is 0 Å². The lowest BCUT2D eigenvalue weighted by atomic mass is 10.2. The van der Waals surface area contributed by atoms with Crippen LogP contribution in [0.25, 0.3) is 0 Å². The number of hydrogen-bond donors (Lipinski definition) is 1. The summed E-state index contributed by atoms with van der Waals surface area (Å²) in [6.07, 6.45) is 1.72. The van der Waals surface area contributed by atoms with Crippen LogP contribution >= 0.6 is 15.9 Å². The number of halogens is 1. The van der Waals surface area contributed by atoms with Crippen LogP contribution in [0.15, 0.2) is 27.6 Å². The highest BCUT2D eigenvalue weighted by atomic mass is 79.9. The predicted octanol–water partition coefficient (Wildman–Crippen LogP) is 1.24. The maximum Gasteiger partial charge on any atom is 0.251 e. The number of aromatic nitrogens is 1. The smallest absolute Gasteiger partial charge is 0.251 e. The van der Waals surface area contributed by atoms with Crippen LogP contribution in [0.1, 0.15) is 6.92 Å². The number of pyridine rings is 1. The maximum atomic E-state index is 11.3. The first kappa shape index (κ1) is 10.5. The Balaban J connectivity index is 2.84. The number of hydrogen-bond acceptors (Lipinski definition) is 2. The van der Waals surface area contributed by atoms with Crippen LogP contribution in [0.2, 0.25) is 0 Å². The Hall–Kier alpha value is -0.610. The minimum Gasteiger partial charge on any atom is -0.396 e. The van der Waals surface area contributed by atoms with Crippen LogP contribution in [-0.2, 0) is 6.54 Å². The number of nitrogens with zero attached hydrogens (tertiary/aromatic N) is 1. The van der Waals surface area contributed by atoms with E-state index in [1.165, 1.54) is 6.07 Å². The summed E-state index contributed by atoms with van der Waals surface area (Å²) in [7, 11) is 0. The van der Waals surface area contributed by atoms with Crippen molar-refractivity contribution in [3.63, 3.8) is 0 Å². The summed E-state index contributed by atoms with van der Waals surface area (Å²) in [5.41, 5.74) is -0.0466. The average molecular weight is 246 g/mol. The first-order chi connectivity index (χ1) is 6.13. The number of aliphatic hydroxyl groups is 1. The quantitative estimate of drug-likeness (QED) is 0.871. The standard InChI is InChI=1S/C9H12BrNO2/c1-7(6-12)5-11-3-2-8(10)4-9(11)13/h2-4,7,12H,5-6H2,1H3. The lowest BCUT2D eigenvalue weighted by Crippen LogP contribution is -2.22. The van der Waals surface area contributed by atoms with Gasteiger partial charge in [-0.2, -0.15) is 0 Å². The van der Waals surface area contributed by atoms with Crippen molar-refractivity contribution in [2.45, 2.75) is 13.5 Å². The van der Waals surface area contributed by atoms with Gasteiger partial charge in [-0.1, -0.05) is 22.9 Å².